The van der Waals surface area contributed by atoms with Crippen LogP contribution in [0.5, 0.6) is 0 Å². The fourth-order valence-corrected chi connectivity index (χ4v) is 3.53. The number of esters is 1. The molecule has 0 aliphatic carbocycles. The second-order valence-electron chi connectivity index (χ2n) is 6.21. The highest BCUT2D eigenvalue weighted by molar-refractivity contribution is 5.84. The smallest absolute Gasteiger partial charge is 0.331 e. The van der Waals surface area contributed by atoms with Gasteiger partial charge in [0.25, 0.3) is 0 Å². The van der Waals surface area contributed by atoms with E-state index in [0.717, 1.165) is 30.4 Å². The minimum atomic E-state index is -0.231. The zero-order valence-corrected chi connectivity index (χ0v) is 13.0. The number of fused-ring (bicyclic) bond motifs is 1. The Bertz CT molecular complexity index is 739. The van der Waals surface area contributed by atoms with Gasteiger partial charge in [-0.1, -0.05) is 30.2 Å². The van der Waals surface area contributed by atoms with E-state index in [1.807, 2.05) is 35.0 Å². The third-order valence-corrected chi connectivity index (χ3v) is 4.70. The molecule has 6 heteroatoms. The van der Waals surface area contributed by atoms with Crippen LogP contribution in [0.3, 0.4) is 0 Å². The van der Waals surface area contributed by atoms with Crippen molar-refractivity contribution in [1.82, 2.24) is 19.9 Å². The summed E-state index contributed by atoms with van der Waals surface area (Å²) in [6.07, 6.45) is 7.87. The number of carbonyl (C=O) groups is 1. The molecule has 2 aromatic rings. The van der Waals surface area contributed by atoms with Crippen LogP contribution in [0.2, 0.25) is 0 Å². The fraction of sp³-hybridized carbons (Fsp3) is 0.471. The van der Waals surface area contributed by atoms with Crippen molar-refractivity contribution in [2.24, 2.45) is 0 Å². The van der Waals surface area contributed by atoms with Gasteiger partial charge in [0, 0.05) is 12.6 Å². The lowest BCUT2D eigenvalue weighted by molar-refractivity contribution is -0.141. The van der Waals surface area contributed by atoms with Gasteiger partial charge in [-0.25, -0.2) is 9.48 Å². The normalized spacial score (nSPS) is 25.7. The summed E-state index contributed by atoms with van der Waals surface area (Å²) in [5.41, 5.74) is 1.94. The van der Waals surface area contributed by atoms with Crippen molar-refractivity contribution in [3.63, 3.8) is 0 Å². The Morgan fingerprint density at radius 2 is 2.13 bits per heavy atom. The van der Waals surface area contributed by atoms with Gasteiger partial charge in [0.05, 0.1) is 18.2 Å². The Labute approximate surface area is 134 Å². The highest BCUT2D eigenvalue weighted by Crippen LogP contribution is 2.25. The van der Waals surface area contributed by atoms with Crippen LogP contribution >= 0.6 is 0 Å². The Balaban J connectivity index is 1.59. The molecule has 120 valence electrons. The van der Waals surface area contributed by atoms with Gasteiger partial charge in [-0.15, -0.1) is 5.10 Å². The molecule has 0 radical (unpaired) electrons. The summed E-state index contributed by atoms with van der Waals surface area (Å²) in [5.74, 6) is -0.231. The van der Waals surface area contributed by atoms with Crippen LogP contribution in [0, 0.1) is 0 Å². The van der Waals surface area contributed by atoms with E-state index in [9.17, 15) is 4.79 Å². The van der Waals surface area contributed by atoms with E-state index in [0.29, 0.717) is 6.67 Å². The Hall–Kier alpha value is -2.21. The first-order valence-corrected chi connectivity index (χ1v) is 8.22. The van der Waals surface area contributed by atoms with Crippen molar-refractivity contribution in [2.75, 3.05) is 6.54 Å². The monoisotopic (exact) mass is 312 g/mol. The predicted molar refractivity (Wildman–Crippen MR) is 85.5 cm³/mol. The number of nitrogens with zero attached hydrogens (tertiary/aromatic N) is 4. The summed E-state index contributed by atoms with van der Waals surface area (Å²) in [6, 6.07) is 8.20. The van der Waals surface area contributed by atoms with E-state index < -0.39 is 0 Å². The molecular weight excluding hydrogens is 292 g/mol. The summed E-state index contributed by atoms with van der Waals surface area (Å²) in [7, 11) is 0. The number of aromatic nitrogens is 3. The number of likely N-dealkylation sites (tertiary alicyclic amines) is 1. The molecule has 0 amide bonds. The number of carbonyl (C=O) groups excluding carboxylic acids is 1. The first kappa shape index (κ1) is 14.4. The minimum Gasteiger partial charge on any atom is -0.453 e. The largest absolute Gasteiger partial charge is 0.453 e. The topological polar surface area (TPSA) is 60.2 Å². The molecule has 0 bridgehead atoms. The lowest BCUT2D eigenvalue weighted by Gasteiger charge is -2.32. The first-order valence-electron chi connectivity index (χ1n) is 8.22. The second-order valence-corrected chi connectivity index (χ2v) is 6.21. The second kappa shape index (κ2) is 6.12. The number of benzene rings is 1. The number of para-hydroxylation sites is 1. The SMILES string of the molecule is O=C1C=C[C@H]([C@@H]2CCCCCN2Cn2nnc3ccccc32)O1. The fourth-order valence-electron chi connectivity index (χ4n) is 3.53. The van der Waals surface area contributed by atoms with Gasteiger partial charge in [-0.2, -0.15) is 0 Å². The summed E-state index contributed by atoms with van der Waals surface area (Å²) < 4.78 is 7.39. The summed E-state index contributed by atoms with van der Waals surface area (Å²) in [5, 5.41) is 8.52. The molecule has 2 atom stereocenters. The zero-order valence-electron chi connectivity index (χ0n) is 13.0. The van der Waals surface area contributed by atoms with Crippen molar-refractivity contribution in [3.05, 3.63) is 36.4 Å². The molecule has 4 rings (SSSR count). The maximum Gasteiger partial charge on any atom is 0.331 e. The molecule has 0 unspecified atom stereocenters. The number of ether oxygens (including phenoxy) is 1. The summed E-state index contributed by atoms with van der Waals surface area (Å²) in [6.45, 7) is 1.66. The van der Waals surface area contributed by atoms with Crippen LogP contribution in [-0.4, -0.2) is 44.6 Å². The van der Waals surface area contributed by atoms with Gasteiger partial charge in [-0.05, 0) is 31.1 Å². The van der Waals surface area contributed by atoms with Crippen molar-refractivity contribution in [3.8, 4) is 0 Å². The molecule has 1 aromatic heterocycles. The van der Waals surface area contributed by atoms with E-state index in [2.05, 4.69) is 15.2 Å². The van der Waals surface area contributed by atoms with Crippen LogP contribution in [0.1, 0.15) is 25.7 Å². The van der Waals surface area contributed by atoms with Gasteiger partial charge >= 0.3 is 5.97 Å². The van der Waals surface area contributed by atoms with Crippen LogP contribution in [-0.2, 0) is 16.2 Å². The van der Waals surface area contributed by atoms with Gasteiger partial charge < -0.3 is 4.74 Å². The Kier molecular flexibility index (Phi) is 3.83. The summed E-state index contributed by atoms with van der Waals surface area (Å²) in [4.78, 5) is 13.8. The maximum absolute atomic E-state index is 11.4. The maximum atomic E-state index is 11.4. The number of hydrogen-bond donors (Lipinski definition) is 0. The van der Waals surface area contributed by atoms with E-state index in [1.54, 1.807) is 6.08 Å². The highest BCUT2D eigenvalue weighted by atomic mass is 16.5. The quantitative estimate of drug-likeness (QED) is 0.813. The molecule has 0 spiro atoms. The van der Waals surface area contributed by atoms with E-state index >= 15 is 0 Å². The van der Waals surface area contributed by atoms with Crippen LogP contribution in [0.4, 0.5) is 0 Å². The molecule has 0 N–H and O–H groups in total. The lowest BCUT2D eigenvalue weighted by atomic mass is 10.0. The Morgan fingerprint density at radius 3 is 3.00 bits per heavy atom. The lowest BCUT2D eigenvalue weighted by Crippen LogP contribution is -2.44. The minimum absolute atomic E-state index is 0.143. The molecular formula is C17H20N4O2. The molecule has 1 aromatic carbocycles. The standard InChI is InChI=1S/C17H20N4O2/c22-17-10-9-16(23-17)15-8-2-1-5-11-20(15)12-21-14-7-4-3-6-13(14)18-19-21/h3-4,6-7,9-10,15-16H,1-2,5,8,11-12H2/t15-,16+/m0/s1. The molecule has 2 aliphatic heterocycles. The van der Waals surface area contributed by atoms with E-state index in [1.165, 1.54) is 12.8 Å². The van der Waals surface area contributed by atoms with E-state index in [4.69, 9.17) is 4.74 Å². The average molecular weight is 312 g/mol. The number of hydrogen-bond acceptors (Lipinski definition) is 5. The van der Waals surface area contributed by atoms with Crippen LogP contribution in [0.15, 0.2) is 36.4 Å². The third kappa shape index (κ3) is 2.86. The van der Waals surface area contributed by atoms with Gasteiger partial charge in [-0.3, -0.25) is 4.90 Å². The van der Waals surface area contributed by atoms with Crippen molar-refractivity contribution < 1.29 is 9.53 Å². The third-order valence-electron chi connectivity index (χ3n) is 4.70. The highest BCUT2D eigenvalue weighted by Gasteiger charge is 2.32. The first-order chi connectivity index (χ1) is 11.3. The van der Waals surface area contributed by atoms with Gasteiger partial charge in [0.1, 0.15) is 11.6 Å². The average Bonchev–Trinajstić information content (AvgIpc) is 3.09. The summed E-state index contributed by atoms with van der Waals surface area (Å²) >= 11 is 0. The predicted octanol–water partition coefficient (Wildman–Crippen LogP) is 2.11. The van der Waals surface area contributed by atoms with Crippen LogP contribution < -0.4 is 0 Å². The zero-order chi connectivity index (χ0) is 15.6. The molecule has 6 nitrogen and oxygen atoms in total. The molecule has 0 saturated carbocycles. The number of cyclic esters (lactones) is 1. The van der Waals surface area contributed by atoms with Gasteiger partial charge in [0.15, 0.2) is 0 Å². The van der Waals surface area contributed by atoms with Crippen molar-refractivity contribution in [1.29, 1.82) is 0 Å². The van der Waals surface area contributed by atoms with Gasteiger partial charge in [0.2, 0.25) is 0 Å². The Morgan fingerprint density at radius 1 is 1.22 bits per heavy atom. The van der Waals surface area contributed by atoms with Crippen molar-refractivity contribution in [2.45, 2.75) is 44.5 Å². The molecule has 1 fully saturated rings. The van der Waals surface area contributed by atoms with Crippen molar-refractivity contribution >= 4 is 17.0 Å². The number of rotatable bonds is 3. The molecule has 2 aliphatic rings. The van der Waals surface area contributed by atoms with Crippen LogP contribution in [0.25, 0.3) is 11.0 Å². The van der Waals surface area contributed by atoms with E-state index in [-0.39, 0.29) is 18.1 Å². The molecule has 1 saturated heterocycles. The molecule has 3 heterocycles. The molecule has 23 heavy (non-hydrogen) atoms.